The number of aromatic nitrogens is 1. The fraction of sp³-hybridized carbons (Fsp3) is 0.0526. The fourth-order valence-electron chi connectivity index (χ4n) is 2.41. The number of carbonyl (C=O) groups is 1. The third kappa shape index (κ3) is 4.25. The molecule has 2 aromatic carbocycles. The number of anilines is 1. The highest BCUT2D eigenvalue weighted by molar-refractivity contribution is 6.33. The largest absolute Gasteiger partial charge is 0.416 e. The highest BCUT2D eigenvalue weighted by Crippen LogP contribution is 2.31. The summed E-state index contributed by atoms with van der Waals surface area (Å²) < 4.78 is 52.6. The second-order valence-corrected chi connectivity index (χ2v) is 5.97. The molecule has 1 aromatic heterocycles. The molecule has 0 aliphatic carbocycles. The molecule has 1 heterocycles. The van der Waals surface area contributed by atoms with E-state index < -0.39 is 23.5 Å². The van der Waals surface area contributed by atoms with Crippen LogP contribution in [0.4, 0.5) is 23.2 Å². The van der Waals surface area contributed by atoms with E-state index in [1.54, 1.807) is 12.1 Å². The highest BCUT2D eigenvalue weighted by atomic mass is 35.5. The first-order valence-electron chi connectivity index (χ1n) is 7.65. The smallest absolute Gasteiger partial charge is 0.322 e. The van der Waals surface area contributed by atoms with Gasteiger partial charge in [-0.3, -0.25) is 9.78 Å². The van der Waals surface area contributed by atoms with Crippen LogP contribution in [0.1, 0.15) is 15.9 Å². The van der Waals surface area contributed by atoms with Crippen molar-refractivity contribution in [1.82, 2.24) is 4.98 Å². The molecule has 8 heteroatoms. The molecule has 3 aromatic rings. The van der Waals surface area contributed by atoms with Gasteiger partial charge >= 0.3 is 6.18 Å². The summed E-state index contributed by atoms with van der Waals surface area (Å²) in [7, 11) is 0. The molecule has 1 N–H and O–H groups in total. The van der Waals surface area contributed by atoms with Gasteiger partial charge in [0.1, 0.15) is 5.82 Å². The van der Waals surface area contributed by atoms with Crippen molar-refractivity contribution in [3.05, 3.63) is 82.8 Å². The van der Waals surface area contributed by atoms with E-state index in [-0.39, 0.29) is 27.5 Å². The standard InChI is InChI=1S/C19H11ClF4N2O/c20-15-5-2-8-25-17(15)14-7-6-11(9-16(14)21)18(27)26-13-4-1-3-12(10-13)19(22,23)24/h1-10H,(H,26,27). The Morgan fingerprint density at radius 2 is 1.81 bits per heavy atom. The van der Waals surface area contributed by atoms with Crippen LogP contribution in [-0.4, -0.2) is 10.9 Å². The second kappa shape index (κ2) is 7.36. The van der Waals surface area contributed by atoms with Gasteiger partial charge in [0.15, 0.2) is 0 Å². The summed E-state index contributed by atoms with van der Waals surface area (Å²) in [6.07, 6.45) is -3.08. The summed E-state index contributed by atoms with van der Waals surface area (Å²) >= 11 is 5.99. The van der Waals surface area contributed by atoms with E-state index in [1.165, 1.54) is 30.5 Å². The monoisotopic (exact) mass is 394 g/mol. The first-order chi connectivity index (χ1) is 12.8. The lowest BCUT2D eigenvalue weighted by atomic mass is 10.1. The summed E-state index contributed by atoms with van der Waals surface area (Å²) in [5.74, 6) is -1.47. The van der Waals surface area contributed by atoms with Crippen LogP contribution in [0.3, 0.4) is 0 Å². The second-order valence-electron chi connectivity index (χ2n) is 5.56. The van der Waals surface area contributed by atoms with E-state index in [9.17, 15) is 22.4 Å². The number of amides is 1. The Balaban J connectivity index is 1.84. The molecule has 0 saturated carbocycles. The molecule has 0 aliphatic heterocycles. The van der Waals surface area contributed by atoms with Crippen LogP contribution in [0.2, 0.25) is 5.02 Å². The van der Waals surface area contributed by atoms with Crippen molar-refractivity contribution in [3.8, 4) is 11.3 Å². The number of halogens is 5. The van der Waals surface area contributed by atoms with Crippen LogP contribution in [0.15, 0.2) is 60.8 Å². The van der Waals surface area contributed by atoms with Gasteiger partial charge in [0.2, 0.25) is 0 Å². The molecule has 0 saturated heterocycles. The van der Waals surface area contributed by atoms with Gasteiger partial charge in [-0.2, -0.15) is 13.2 Å². The van der Waals surface area contributed by atoms with Crippen LogP contribution < -0.4 is 5.32 Å². The van der Waals surface area contributed by atoms with Gasteiger partial charge in [-0.15, -0.1) is 0 Å². The Kier molecular flexibility index (Phi) is 5.14. The first kappa shape index (κ1) is 18.8. The summed E-state index contributed by atoms with van der Waals surface area (Å²) in [6, 6.07) is 11.0. The van der Waals surface area contributed by atoms with Gasteiger partial charge in [0.25, 0.3) is 5.91 Å². The molecular weight excluding hydrogens is 384 g/mol. The maximum atomic E-state index is 14.4. The molecule has 0 radical (unpaired) electrons. The van der Waals surface area contributed by atoms with Gasteiger partial charge < -0.3 is 5.32 Å². The van der Waals surface area contributed by atoms with Gasteiger partial charge in [-0.25, -0.2) is 4.39 Å². The number of nitrogens with zero attached hydrogens (tertiary/aromatic N) is 1. The fourth-order valence-corrected chi connectivity index (χ4v) is 2.63. The molecular formula is C19H11ClF4N2O. The van der Waals surface area contributed by atoms with E-state index >= 15 is 0 Å². The molecule has 0 aliphatic rings. The van der Waals surface area contributed by atoms with Crippen molar-refractivity contribution in [2.24, 2.45) is 0 Å². The summed E-state index contributed by atoms with van der Waals surface area (Å²) in [5, 5.41) is 2.57. The van der Waals surface area contributed by atoms with E-state index in [2.05, 4.69) is 10.3 Å². The number of alkyl halides is 3. The molecule has 1 amide bonds. The Morgan fingerprint density at radius 1 is 1.04 bits per heavy atom. The molecule has 0 fully saturated rings. The summed E-state index contributed by atoms with van der Waals surface area (Å²) in [4.78, 5) is 16.2. The zero-order chi connectivity index (χ0) is 19.6. The highest BCUT2D eigenvalue weighted by Gasteiger charge is 2.30. The average molecular weight is 395 g/mol. The molecule has 0 unspecified atom stereocenters. The van der Waals surface area contributed by atoms with Gasteiger partial charge in [-0.05, 0) is 48.5 Å². The number of carbonyl (C=O) groups excluding carboxylic acids is 1. The zero-order valence-corrected chi connectivity index (χ0v) is 14.3. The Morgan fingerprint density at radius 3 is 2.48 bits per heavy atom. The molecule has 3 nitrogen and oxygen atoms in total. The minimum Gasteiger partial charge on any atom is -0.322 e. The molecule has 27 heavy (non-hydrogen) atoms. The van der Waals surface area contributed by atoms with Crippen molar-refractivity contribution in [3.63, 3.8) is 0 Å². The quantitative estimate of drug-likeness (QED) is 0.569. The lowest BCUT2D eigenvalue weighted by molar-refractivity contribution is -0.137. The maximum absolute atomic E-state index is 14.4. The average Bonchev–Trinajstić information content (AvgIpc) is 2.62. The van der Waals surface area contributed by atoms with Crippen LogP contribution in [0.25, 0.3) is 11.3 Å². The van der Waals surface area contributed by atoms with Crippen molar-refractivity contribution >= 4 is 23.2 Å². The van der Waals surface area contributed by atoms with Crippen LogP contribution in [-0.2, 0) is 6.18 Å². The van der Waals surface area contributed by atoms with Crippen LogP contribution in [0.5, 0.6) is 0 Å². The van der Waals surface area contributed by atoms with Gasteiger partial charge in [-0.1, -0.05) is 17.7 Å². The third-order valence-corrected chi connectivity index (χ3v) is 4.00. The number of hydrogen-bond donors (Lipinski definition) is 1. The van der Waals surface area contributed by atoms with Gasteiger partial charge in [0, 0.05) is 23.0 Å². The number of nitrogens with one attached hydrogen (secondary N) is 1. The number of benzene rings is 2. The predicted molar refractivity (Wildman–Crippen MR) is 94.0 cm³/mol. The van der Waals surface area contributed by atoms with Crippen molar-refractivity contribution < 1.29 is 22.4 Å². The SMILES string of the molecule is O=C(Nc1cccc(C(F)(F)F)c1)c1ccc(-c2ncccc2Cl)c(F)c1. The number of pyridine rings is 1. The van der Waals surface area contributed by atoms with Crippen molar-refractivity contribution in [1.29, 1.82) is 0 Å². The lowest BCUT2D eigenvalue weighted by Gasteiger charge is -2.11. The topological polar surface area (TPSA) is 42.0 Å². The minimum absolute atomic E-state index is 0.0490. The number of hydrogen-bond acceptors (Lipinski definition) is 2. The Bertz CT molecular complexity index is 1000. The summed E-state index contributed by atoms with van der Waals surface area (Å²) in [6.45, 7) is 0. The first-order valence-corrected chi connectivity index (χ1v) is 8.02. The van der Waals surface area contributed by atoms with Crippen LogP contribution in [0, 0.1) is 5.82 Å². The minimum atomic E-state index is -4.53. The van der Waals surface area contributed by atoms with E-state index in [0.717, 1.165) is 18.2 Å². The van der Waals surface area contributed by atoms with Crippen molar-refractivity contribution in [2.45, 2.75) is 6.18 Å². The normalized spacial score (nSPS) is 11.3. The van der Waals surface area contributed by atoms with E-state index in [0.29, 0.717) is 0 Å². The predicted octanol–water partition coefficient (Wildman–Crippen LogP) is 5.81. The molecule has 3 rings (SSSR count). The maximum Gasteiger partial charge on any atom is 0.416 e. The molecule has 0 atom stereocenters. The molecule has 138 valence electrons. The Labute approximate surface area is 156 Å². The third-order valence-electron chi connectivity index (χ3n) is 3.69. The van der Waals surface area contributed by atoms with E-state index in [4.69, 9.17) is 11.6 Å². The lowest BCUT2D eigenvalue weighted by Crippen LogP contribution is -2.13. The number of rotatable bonds is 3. The van der Waals surface area contributed by atoms with Crippen molar-refractivity contribution in [2.75, 3.05) is 5.32 Å². The molecule has 0 bridgehead atoms. The van der Waals surface area contributed by atoms with E-state index in [1.807, 2.05) is 0 Å². The zero-order valence-electron chi connectivity index (χ0n) is 13.5. The summed E-state index contributed by atoms with van der Waals surface area (Å²) in [5.41, 5.74) is -0.669. The van der Waals surface area contributed by atoms with Crippen LogP contribution >= 0.6 is 11.6 Å². The van der Waals surface area contributed by atoms with Gasteiger partial charge in [0.05, 0.1) is 16.3 Å². The Hall–Kier alpha value is -2.93. The molecule has 0 spiro atoms.